The molecule has 1 aliphatic heterocycles. The Morgan fingerprint density at radius 1 is 1.08 bits per heavy atom. The normalized spacial score (nSPS) is 21.4. The number of carbonyl (C=O) groups excluding carboxylic acids is 1. The highest BCUT2D eigenvalue weighted by Crippen LogP contribution is 2.22. The van der Waals surface area contributed by atoms with E-state index in [1.54, 1.807) is 0 Å². The average Bonchev–Trinajstić information content (AvgIpc) is 2.61. The Bertz CT molecular complexity index is 697. The molecule has 3 heteroatoms. The molecule has 0 radical (unpaired) electrons. The summed E-state index contributed by atoms with van der Waals surface area (Å²) in [7, 11) is 0. The van der Waals surface area contributed by atoms with Crippen LogP contribution in [0.1, 0.15) is 45.1 Å². The summed E-state index contributed by atoms with van der Waals surface area (Å²) in [6, 6.07) is 15.8. The smallest absolute Gasteiger partial charge is 0.224 e. The number of fused-ring (bicyclic) bond motifs is 1. The first kappa shape index (κ1) is 17.9. The molecule has 1 amide bonds. The predicted molar refractivity (Wildman–Crippen MR) is 105 cm³/mol. The van der Waals surface area contributed by atoms with Crippen molar-refractivity contribution in [3.63, 3.8) is 0 Å². The standard InChI is InChI=1S/C22H30N2O/c1-17-8-5-9-18(2)24(17)15-7-14-23-22(25)16-20-12-6-11-19-10-3-4-13-21(19)20/h3-4,6,10-13,17-18H,5,7-9,14-16H2,1-2H3,(H,23,25). The number of nitrogens with zero attached hydrogens (tertiary/aromatic N) is 1. The Balaban J connectivity index is 1.46. The average molecular weight is 338 g/mol. The lowest BCUT2D eigenvalue weighted by molar-refractivity contribution is -0.120. The minimum absolute atomic E-state index is 0.121. The van der Waals surface area contributed by atoms with Gasteiger partial charge < -0.3 is 5.32 Å². The van der Waals surface area contributed by atoms with Crippen LogP contribution in [0.15, 0.2) is 42.5 Å². The Labute approximate surface area is 151 Å². The molecule has 1 heterocycles. The van der Waals surface area contributed by atoms with Crippen LogP contribution in [-0.4, -0.2) is 36.0 Å². The molecule has 1 N–H and O–H groups in total. The molecule has 0 aromatic heterocycles. The van der Waals surface area contributed by atoms with Gasteiger partial charge in [0.25, 0.3) is 0 Å². The van der Waals surface area contributed by atoms with Crippen molar-refractivity contribution in [2.45, 2.75) is 58.0 Å². The number of rotatable bonds is 6. The van der Waals surface area contributed by atoms with E-state index in [2.05, 4.69) is 48.3 Å². The lowest BCUT2D eigenvalue weighted by Gasteiger charge is -2.39. The first-order chi connectivity index (χ1) is 12.1. The summed E-state index contributed by atoms with van der Waals surface area (Å²) >= 11 is 0. The maximum Gasteiger partial charge on any atom is 0.224 e. The van der Waals surface area contributed by atoms with E-state index in [0.717, 1.165) is 25.1 Å². The molecule has 1 fully saturated rings. The van der Waals surface area contributed by atoms with Crippen molar-refractivity contribution in [1.82, 2.24) is 10.2 Å². The second-order valence-corrected chi connectivity index (χ2v) is 7.39. The molecule has 1 aliphatic rings. The number of benzene rings is 2. The zero-order valence-corrected chi connectivity index (χ0v) is 15.5. The van der Waals surface area contributed by atoms with Gasteiger partial charge in [-0.15, -0.1) is 0 Å². The molecule has 3 rings (SSSR count). The molecular weight excluding hydrogens is 308 g/mol. The van der Waals surface area contributed by atoms with Gasteiger partial charge in [-0.05, 0) is 49.4 Å². The number of amides is 1. The third-order valence-corrected chi connectivity index (χ3v) is 5.52. The van der Waals surface area contributed by atoms with Crippen molar-refractivity contribution in [3.8, 4) is 0 Å². The fourth-order valence-corrected chi connectivity index (χ4v) is 4.09. The van der Waals surface area contributed by atoms with Gasteiger partial charge in [-0.2, -0.15) is 0 Å². The largest absolute Gasteiger partial charge is 0.356 e. The van der Waals surface area contributed by atoms with Gasteiger partial charge in [-0.25, -0.2) is 0 Å². The summed E-state index contributed by atoms with van der Waals surface area (Å²) in [5.74, 6) is 0.121. The lowest BCUT2D eigenvalue weighted by Crippen LogP contribution is -2.44. The van der Waals surface area contributed by atoms with Gasteiger partial charge in [0.05, 0.1) is 6.42 Å². The minimum Gasteiger partial charge on any atom is -0.356 e. The first-order valence-corrected chi connectivity index (χ1v) is 9.64. The first-order valence-electron chi connectivity index (χ1n) is 9.64. The second-order valence-electron chi connectivity index (χ2n) is 7.39. The highest BCUT2D eigenvalue weighted by atomic mass is 16.1. The molecule has 134 valence electrons. The van der Waals surface area contributed by atoms with Crippen LogP contribution in [-0.2, 0) is 11.2 Å². The number of hydrogen-bond acceptors (Lipinski definition) is 2. The van der Waals surface area contributed by atoms with Crippen LogP contribution >= 0.6 is 0 Å². The van der Waals surface area contributed by atoms with Gasteiger partial charge in [0.1, 0.15) is 0 Å². The molecule has 2 aromatic rings. The quantitative estimate of drug-likeness (QED) is 0.803. The van der Waals surface area contributed by atoms with Crippen LogP contribution in [0.5, 0.6) is 0 Å². The van der Waals surface area contributed by atoms with Crippen molar-refractivity contribution in [2.75, 3.05) is 13.1 Å². The highest BCUT2D eigenvalue weighted by molar-refractivity contribution is 5.90. The molecule has 0 bridgehead atoms. The second kappa shape index (κ2) is 8.48. The Morgan fingerprint density at radius 2 is 1.80 bits per heavy atom. The summed E-state index contributed by atoms with van der Waals surface area (Å²) in [4.78, 5) is 14.9. The number of hydrogen-bond donors (Lipinski definition) is 1. The van der Waals surface area contributed by atoms with Gasteiger partial charge in [-0.1, -0.05) is 48.9 Å². The number of likely N-dealkylation sites (tertiary alicyclic amines) is 1. The molecular formula is C22H30N2O. The van der Waals surface area contributed by atoms with Crippen molar-refractivity contribution >= 4 is 16.7 Å². The van der Waals surface area contributed by atoms with Gasteiger partial charge >= 0.3 is 0 Å². The van der Waals surface area contributed by atoms with Gasteiger partial charge in [0.15, 0.2) is 0 Å². The van der Waals surface area contributed by atoms with Gasteiger partial charge in [-0.3, -0.25) is 9.69 Å². The zero-order valence-electron chi connectivity index (χ0n) is 15.5. The lowest BCUT2D eigenvalue weighted by atomic mass is 9.97. The monoisotopic (exact) mass is 338 g/mol. The zero-order chi connectivity index (χ0) is 17.6. The summed E-state index contributed by atoms with van der Waals surface area (Å²) in [6.07, 6.45) is 5.43. The van der Waals surface area contributed by atoms with Crippen LogP contribution < -0.4 is 5.32 Å². The topological polar surface area (TPSA) is 32.3 Å². The number of piperidine rings is 1. The molecule has 1 saturated heterocycles. The van der Waals surface area contributed by atoms with E-state index >= 15 is 0 Å². The molecule has 3 nitrogen and oxygen atoms in total. The maximum absolute atomic E-state index is 12.3. The number of carbonyl (C=O) groups is 1. The predicted octanol–water partition coefficient (Wildman–Crippen LogP) is 4.15. The summed E-state index contributed by atoms with van der Waals surface area (Å²) in [6.45, 7) is 6.50. The van der Waals surface area contributed by atoms with Gasteiger partial charge in [0.2, 0.25) is 5.91 Å². The SMILES string of the molecule is CC1CCCC(C)N1CCCNC(=O)Cc1cccc2ccccc12. The molecule has 2 atom stereocenters. The van der Waals surface area contributed by atoms with E-state index in [1.165, 1.54) is 30.0 Å². The Hall–Kier alpha value is -1.87. The highest BCUT2D eigenvalue weighted by Gasteiger charge is 2.23. The fraction of sp³-hybridized carbons (Fsp3) is 0.500. The van der Waals surface area contributed by atoms with E-state index in [0.29, 0.717) is 18.5 Å². The summed E-state index contributed by atoms with van der Waals surface area (Å²) in [5.41, 5.74) is 1.11. The van der Waals surface area contributed by atoms with Crippen molar-refractivity contribution in [2.24, 2.45) is 0 Å². The van der Waals surface area contributed by atoms with E-state index in [9.17, 15) is 4.79 Å². The molecule has 2 unspecified atom stereocenters. The molecule has 2 aromatic carbocycles. The van der Waals surface area contributed by atoms with Crippen molar-refractivity contribution in [3.05, 3.63) is 48.0 Å². The fourth-order valence-electron chi connectivity index (χ4n) is 4.09. The van der Waals surface area contributed by atoms with Crippen LogP contribution in [0.4, 0.5) is 0 Å². The molecule has 25 heavy (non-hydrogen) atoms. The molecule has 0 spiro atoms. The Morgan fingerprint density at radius 3 is 2.60 bits per heavy atom. The van der Waals surface area contributed by atoms with Crippen LogP contribution in [0.2, 0.25) is 0 Å². The summed E-state index contributed by atoms with van der Waals surface area (Å²) < 4.78 is 0. The minimum atomic E-state index is 0.121. The van der Waals surface area contributed by atoms with E-state index in [4.69, 9.17) is 0 Å². The third kappa shape index (κ3) is 4.60. The van der Waals surface area contributed by atoms with Crippen molar-refractivity contribution in [1.29, 1.82) is 0 Å². The van der Waals surface area contributed by atoms with Crippen LogP contribution in [0.25, 0.3) is 10.8 Å². The van der Waals surface area contributed by atoms with Crippen LogP contribution in [0.3, 0.4) is 0 Å². The van der Waals surface area contributed by atoms with E-state index in [1.807, 2.05) is 18.2 Å². The Kier molecular flexibility index (Phi) is 6.09. The molecule has 0 aliphatic carbocycles. The van der Waals surface area contributed by atoms with Crippen molar-refractivity contribution < 1.29 is 4.79 Å². The van der Waals surface area contributed by atoms with E-state index < -0.39 is 0 Å². The number of nitrogens with one attached hydrogen (secondary N) is 1. The molecule has 0 saturated carbocycles. The summed E-state index contributed by atoms with van der Waals surface area (Å²) in [5, 5.41) is 5.47. The van der Waals surface area contributed by atoms with E-state index in [-0.39, 0.29) is 5.91 Å². The van der Waals surface area contributed by atoms with Gasteiger partial charge in [0, 0.05) is 25.2 Å². The third-order valence-electron chi connectivity index (χ3n) is 5.52. The maximum atomic E-state index is 12.3. The van der Waals surface area contributed by atoms with Crippen LogP contribution in [0, 0.1) is 0 Å².